The van der Waals surface area contributed by atoms with Gasteiger partial charge in [-0.15, -0.1) is 0 Å². The SMILES string of the molecule is COc1ccc([C@@H]2CCN(C(=O)Cc3ccc(O)cc3)C[C@H]2O)cc1. The molecule has 3 rings (SSSR count). The zero-order chi connectivity index (χ0) is 17.8. The summed E-state index contributed by atoms with van der Waals surface area (Å²) in [7, 11) is 1.63. The summed E-state index contributed by atoms with van der Waals surface area (Å²) in [6.07, 6.45) is 0.431. The summed E-state index contributed by atoms with van der Waals surface area (Å²) >= 11 is 0. The van der Waals surface area contributed by atoms with Gasteiger partial charge < -0.3 is 19.8 Å². The minimum atomic E-state index is -0.578. The van der Waals surface area contributed by atoms with Crippen molar-refractivity contribution < 1.29 is 19.7 Å². The zero-order valence-corrected chi connectivity index (χ0v) is 14.3. The van der Waals surface area contributed by atoms with Gasteiger partial charge in [-0.25, -0.2) is 0 Å². The fourth-order valence-corrected chi connectivity index (χ4v) is 3.30. The van der Waals surface area contributed by atoms with Gasteiger partial charge in [0.25, 0.3) is 0 Å². The maximum atomic E-state index is 12.5. The van der Waals surface area contributed by atoms with Crippen molar-refractivity contribution in [3.05, 3.63) is 59.7 Å². The number of aliphatic hydroxyl groups excluding tert-OH is 1. The van der Waals surface area contributed by atoms with Crippen molar-refractivity contribution in [3.8, 4) is 11.5 Å². The molecule has 0 radical (unpaired) electrons. The fourth-order valence-electron chi connectivity index (χ4n) is 3.30. The van der Waals surface area contributed by atoms with E-state index in [9.17, 15) is 15.0 Å². The van der Waals surface area contributed by atoms with Crippen LogP contribution in [0.2, 0.25) is 0 Å². The lowest BCUT2D eigenvalue weighted by Gasteiger charge is -2.36. The van der Waals surface area contributed by atoms with Crippen LogP contribution in [-0.2, 0) is 11.2 Å². The summed E-state index contributed by atoms with van der Waals surface area (Å²) in [4.78, 5) is 14.2. The highest BCUT2D eigenvalue weighted by atomic mass is 16.5. The quantitative estimate of drug-likeness (QED) is 0.895. The Labute approximate surface area is 147 Å². The van der Waals surface area contributed by atoms with E-state index < -0.39 is 6.10 Å². The third-order valence-corrected chi connectivity index (χ3v) is 4.77. The summed E-state index contributed by atoms with van der Waals surface area (Å²) < 4.78 is 5.16. The molecular formula is C20H23NO4. The number of amides is 1. The molecule has 1 saturated heterocycles. The largest absolute Gasteiger partial charge is 0.508 e. The summed E-state index contributed by atoms with van der Waals surface area (Å²) in [6.45, 7) is 0.971. The number of aliphatic hydroxyl groups is 1. The Morgan fingerprint density at radius 3 is 2.44 bits per heavy atom. The number of hydrogen-bond donors (Lipinski definition) is 2. The molecule has 5 heteroatoms. The summed E-state index contributed by atoms with van der Waals surface area (Å²) in [5.41, 5.74) is 1.92. The smallest absolute Gasteiger partial charge is 0.227 e. The van der Waals surface area contributed by atoms with Gasteiger partial charge in [-0.1, -0.05) is 24.3 Å². The number of likely N-dealkylation sites (tertiary alicyclic amines) is 1. The lowest BCUT2D eigenvalue weighted by atomic mass is 9.87. The molecule has 0 unspecified atom stereocenters. The van der Waals surface area contributed by atoms with E-state index in [4.69, 9.17) is 4.74 Å². The molecule has 2 aromatic carbocycles. The van der Waals surface area contributed by atoms with Crippen LogP contribution in [0.1, 0.15) is 23.5 Å². The van der Waals surface area contributed by atoms with E-state index in [-0.39, 0.29) is 24.0 Å². The van der Waals surface area contributed by atoms with Gasteiger partial charge in [-0.05, 0) is 41.8 Å². The van der Waals surface area contributed by atoms with E-state index >= 15 is 0 Å². The third kappa shape index (κ3) is 4.12. The van der Waals surface area contributed by atoms with Crippen molar-refractivity contribution in [3.63, 3.8) is 0 Å². The summed E-state index contributed by atoms with van der Waals surface area (Å²) in [6, 6.07) is 14.4. The topological polar surface area (TPSA) is 70.0 Å². The Morgan fingerprint density at radius 2 is 1.84 bits per heavy atom. The van der Waals surface area contributed by atoms with Gasteiger partial charge in [-0.3, -0.25) is 4.79 Å². The van der Waals surface area contributed by atoms with E-state index in [0.717, 1.165) is 23.3 Å². The van der Waals surface area contributed by atoms with Gasteiger partial charge in [0.15, 0.2) is 0 Å². The van der Waals surface area contributed by atoms with E-state index in [1.807, 2.05) is 24.3 Å². The van der Waals surface area contributed by atoms with Crippen LogP contribution < -0.4 is 4.74 Å². The van der Waals surface area contributed by atoms with Crippen molar-refractivity contribution >= 4 is 5.91 Å². The second-order valence-electron chi connectivity index (χ2n) is 6.42. The number of rotatable bonds is 4. The van der Waals surface area contributed by atoms with Crippen LogP contribution in [0.4, 0.5) is 0 Å². The molecule has 0 aliphatic carbocycles. The molecule has 132 valence electrons. The minimum absolute atomic E-state index is 0.00193. The van der Waals surface area contributed by atoms with Crippen molar-refractivity contribution in [2.45, 2.75) is 24.9 Å². The van der Waals surface area contributed by atoms with Gasteiger partial charge in [0.2, 0.25) is 5.91 Å². The molecule has 1 aliphatic rings. The Bertz CT molecular complexity index is 711. The van der Waals surface area contributed by atoms with Crippen LogP contribution in [0.25, 0.3) is 0 Å². The van der Waals surface area contributed by atoms with Crippen molar-refractivity contribution in [2.24, 2.45) is 0 Å². The number of carbonyl (C=O) groups is 1. The highest BCUT2D eigenvalue weighted by molar-refractivity contribution is 5.79. The number of piperidine rings is 1. The number of aromatic hydroxyl groups is 1. The lowest BCUT2D eigenvalue weighted by Crippen LogP contribution is -2.46. The highest BCUT2D eigenvalue weighted by Gasteiger charge is 2.31. The number of benzene rings is 2. The minimum Gasteiger partial charge on any atom is -0.508 e. The first-order valence-corrected chi connectivity index (χ1v) is 8.44. The molecule has 2 aromatic rings. The van der Waals surface area contributed by atoms with Crippen LogP contribution in [0, 0.1) is 0 Å². The lowest BCUT2D eigenvalue weighted by molar-refractivity contribution is -0.134. The monoisotopic (exact) mass is 341 g/mol. The average Bonchev–Trinajstić information content (AvgIpc) is 2.63. The normalized spacial score (nSPS) is 20.3. The van der Waals surface area contributed by atoms with Crippen LogP contribution in [-0.4, -0.2) is 47.3 Å². The van der Waals surface area contributed by atoms with Crippen LogP contribution in [0.15, 0.2) is 48.5 Å². The summed E-state index contributed by atoms with van der Waals surface area (Å²) in [5, 5.41) is 19.8. The van der Waals surface area contributed by atoms with Crippen LogP contribution in [0.5, 0.6) is 11.5 Å². The van der Waals surface area contributed by atoms with Gasteiger partial charge in [0.1, 0.15) is 11.5 Å². The van der Waals surface area contributed by atoms with E-state index in [0.29, 0.717) is 13.1 Å². The number of methoxy groups -OCH3 is 1. The fraction of sp³-hybridized carbons (Fsp3) is 0.350. The first kappa shape index (κ1) is 17.3. The van der Waals surface area contributed by atoms with Crippen LogP contribution >= 0.6 is 0 Å². The van der Waals surface area contributed by atoms with Crippen molar-refractivity contribution in [1.82, 2.24) is 4.90 Å². The average molecular weight is 341 g/mol. The predicted molar refractivity (Wildman–Crippen MR) is 94.7 cm³/mol. The number of nitrogens with zero attached hydrogens (tertiary/aromatic N) is 1. The van der Waals surface area contributed by atoms with E-state index in [2.05, 4.69) is 0 Å². The molecule has 5 nitrogen and oxygen atoms in total. The standard InChI is InChI=1S/C20H23NO4/c1-25-17-8-4-15(5-9-17)18-10-11-21(13-19(18)23)20(24)12-14-2-6-16(22)7-3-14/h2-9,18-19,22-23H,10-13H2,1H3/t18-,19+/m0/s1. The first-order valence-electron chi connectivity index (χ1n) is 8.44. The second kappa shape index (κ2) is 7.57. The van der Waals surface area contributed by atoms with Gasteiger partial charge in [0, 0.05) is 19.0 Å². The Balaban J connectivity index is 1.60. The number of β-amino-alcohol motifs (C(OH)–C–C–N with tert-alkyl or cyclic N) is 1. The van der Waals surface area contributed by atoms with E-state index in [1.54, 1.807) is 36.3 Å². The zero-order valence-electron chi connectivity index (χ0n) is 14.3. The Morgan fingerprint density at radius 1 is 1.16 bits per heavy atom. The van der Waals surface area contributed by atoms with E-state index in [1.165, 1.54) is 0 Å². The molecule has 1 heterocycles. The number of hydrogen-bond acceptors (Lipinski definition) is 4. The van der Waals surface area contributed by atoms with Gasteiger partial charge >= 0.3 is 0 Å². The summed E-state index contributed by atoms with van der Waals surface area (Å²) in [5.74, 6) is 1.01. The number of ether oxygens (including phenoxy) is 1. The highest BCUT2D eigenvalue weighted by Crippen LogP contribution is 2.30. The molecule has 0 aromatic heterocycles. The number of phenolic OH excluding ortho intramolecular Hbond substituents is 1. The molecule has 0 saturated carbocycles. The van der Waals surface area contributed by atoms with Gasteiger partial charge in [-0.2, -0.15) is 0 Å². The molecule has 2 N–H and O–H groups in total. The second-order valence-corrected chi connectivity index (χ2v) is 6.42. The Hall–Kier alpha value is -2.53. The first-order chi connectivity index (χ1) is 12.1. The number of carbonyl (C=O) groups excluding carboxylic acids is 1. The molecular weight excluding hydrogens is 318 g/mol. The van der Waals surface area contributed by atoms with Crippen molar-refractivity contribution in [2.75, 3.05) is 20.2 Å². The molecule has 1 amide bonds. The maximum Gasteiger partial charge on any atom is 0.227 e. The predicted octanol–water partition coefficient (Wildman–Crippen LogP) is 2.32. The maximum absolute atomic E-state index is 12.5. The number of phenols is 1. The molecule has 0 bridgehead atoms. The van der Waals surface area contributed by atoms with Crippen molar-refractivity contribution in [1.29, 1.82) is 0 Å². The molecule has 25 heavy (non-hydrogen) atoms. The van der Waals surface area contributed by atoms with Crippen LogP contribution in [0.3, 0.4) is 0 Å². The van der Waals surface area contributed by atoms with Gasteiger partial charge in [0.05, 0.1) is 19.6 Å². The molecule has 1 aliphatic heterocycles. The molecule has 1 fully saturated rings. The molecule has 2 atom stereocenters. The molecule has 0 spiro atoms. The third-order valence-electron chi connectivity index (χ3n) is 4.77. The Kier molecular flexibility index (Phi) is 5.24.